The van der Waals surface area contributed by atoms with E-state index >= 15 is 0 Å². The van der Waals surface area contributed by atoms with Gasteiger partial charge in [0.25, 0.3) is 0 Å². The number of carbonyl (C=O) groups excluding carboxylic acids is 1. The Hall–Kier alpha value is -2.88. The Kier molecular flexibility index (Phi) is 5.06. The van der Waals surface area contributed by atoms with Gasteiger partial charge in [-0.05, 0) is 24.6 Å². The van der Waals surface area contributed by atoms with E-state index in [9.17, 15) is 4.79 Å². The van der Waals surface area contributed by atoms with E-state index in [-0.39, 0.29) is 5.91 Å². The van der Waals surface area contributed by atoms with E-state index in [4.69, 9.17) is 0 Å². The highest BCUT2D eigenvalue weighted by molar-refractivity contribution is 5.78. The number of nitrogens with one attached hydrogen (secondary N) is 1. The summed E-state index contributed by atoms with van der Waals surface area (Å²) in [5.41, 5.74) is 3.11. The lowest BCUT2D eigenvalue weighted by Gasteiger charge is -2.04. The first-order valence-corrected chi connectivity index (χ1v) is 8.13. The number of aryl methyl sites for hydroxylation is 1. The predicted octanol–water partition coefficient (Wildman–Crippen LogP) is 3.08. The van der Waals surface area contributed by atoms with Crippen LogP contribution in [0.1, 0.15) is 17.1 Å². The van der Waals surface area contributed by atoms with E-state index in [1.165, 1.54) is 0 Å². The van der Waals surface area contributed by atoms with Crippen molar-refractivity contribution in [3.8, 4) is 5.69 Å². The number of nitrogens with zero attached hydrogens (tertiary/aromatic N) is 2. The van der Waals surface area contributed by atoms with Gasteiger partial charge in [0.15, 0.2) is 0 Å². The Labute approximate surface area is 142 Å². The maximum Gasteiger partial charge on any atom is 0.224 e. The average Bonchev–Trinajstić information content (AvgIpc) is 2.97. The van der Waals surface area contributed by atoms with Gasteiger partial charge in [0.05, 0.1) is 12.1 Å². The minimum absolute atomic E-state index is 0.0420. The van der Waals surface area contributed by atoms with Gasteiger partial charge in [0.2, 0.25) is 5.91 Å². The van der Waals surface area contributed by atoms with Crippen molar-refractivity contribution in [1.82, 2.24) is 14.9 Å². The van der Waals surface area contributed by atoms with Crippen LogP contribution in [0.2, 0.25) is 0 Å². The second kappa shape index (κ2) is 7.59. The number of rotatable bonds is 6. The van der Waals surface area contributed by atoms with Gasteiger partial charge in [0, 0.05) is 24.8 Å². The molecule has 1 amide bonds. The van der Waals surface area contributed by atoms with Crippen molar-refractivity contribution in [3.63, 3.8) is 0 Å². The third-order valence-electron chi connectivity index (χ3n) is 3.88. The SMILES string of the molecule is Cc1nc(CCNC(=O)Cc2ccccc2)cn1-c1ccccc1. The Bertz CT molecular complexity index is 794. The zero-order chi connectivity index (χ0) is 16.8. The molecule has 1 heterocycles. The summed E-state index contributed by atoms with van der Waals surface area (Å²) in [6.07, 6.45) is 3.17. The first kappa shape index (κ1) is 16.0. The molecule has 24 heavy (non-hydrogen) atoms. The van der Waals surface area contributed by atoms with Gasteiger partial charge >= 0.3 is 0 Å². The molecule has 122 valence electrons. The summed E-state index contributed by atoms with van der Waals surface area (Å²) in [5, 5.41) is 2.96. The minimum Gasteiger partial charge on any atom is -0.355 e. The van der Waals surface area contributed by atoms with Gasteiger partial charge in [-0.3, -0.25) is 4.79 Å². The smallest absolute Gasteiger partial charge is 0.224 e. The van der Waals surface area contributed by atoms with Crippen molar-refractivity contribution in [2.45, 2.75) is 19.8 Å². The van der Waals surface area contributed by atoms with Gasteiger partial charge in [-0.1, -0.05) is 48.5 Å². The van der Waals surface area contributed by atoms with Gasteiger partial charge in [-0.15, -0.1) is 0 Å². The minimum atomic E-state index is 0.0420. The number of hydrogen-bond donors (Lipinski definition) is 1. The molecule has 0 saturated carbocycles. The molecule has 0 saturated heterocycles. The van der Waals surface area contributed by atoms with E-state index in [0.29, 0.717) is 13.0 Å². The molecule has 0 aliphatic carbocycles. The van der Waals surface area contributed by atoms with Crippen LogP contribution >= 0.6 is 0 Å². The van der Waals surface area contributed by atoms with Gasteiger partial charge in [-0.25, -0.2) is 4.98 Å². The average molecular weight is 319 g/mol. The highest BCUT2D eigenvalue weighted by Crippen LogP contribution is 2.12. The summed E-state index contributed by atoms with van der Waals surface area (Å²) in [4.78, 5) is 16.5. The lowest BCUT2D eigenvalue weighted by molar-refractivity contribution is -0.120. The van der Waals surface area contributed by atoms with E-state index in [2.05, 4.69) is 27.0 Å². The van der Waals surface area contributed by atoms with Crippen molar-refractivity contribution < 1.29 is 4.79 Å². The van der Waals surface area contributed by atoms with Crippen LogP contribution in [0.25, 0.3) is 5.69 Å². The topological polar surface area (TPSA) is 46.9 Å². The molecule has 0 bridgehead atoms. The fraction of sp³-hybridized carbons (Fsp3) is 0.200. The van der Waals surface area contributed by atoms with Crippen molar-refractivity contribution in [2.24, 2.45) is 0 Å². The lowest BCUT2D eigenvalue weighted by Crippen LogP contribution is -2.27. The third kappa shape index (κ3) is 4.10. The maximum absolute atomic E-state index is 12.0. The van der Waals surface area contributed by atoms with Crippen LogP contribution in [0.5, 0.6) is 0 Å². The molecule has 3 rings (SSSR count). The molecule has 0 aliphatic rings. The molecule has 1 N–H and O–H groups in total. The number of benzene rings is 2. The summed E-state index contributed by atoms with van der Waals surface area (Å²) in [6, 6.07) is 19.9. The third-order valence-corrected chi connectivity index (χ3v) is 3.88. The maximum atomic E-state index is 12.0. The van der Waals surface area contributed by atoms with E-state index in [0.717, 1.165) is 29.2 Å². The molecular formula is C20H21N3O. The van der Waals surface area contributed by atoms with Crippen molar-refractivity contribution in [1.29, 1.82) is 0 Å². The van der Waals surface area contributed by atoms with Crippen LogP contribution in [-0.2, 0) is 17.6 Å². The summed E-state index contributed by atoms with van der Waals surface area (Å²) >= 11 is 0. The number of amides is 1. The van der Waals surface area contributed by atoms with Crippen LogP contribution in [0.15, 0.2) is 66.9 Å². The first-order chi connectivity index (χ1) is 11.7. The Balaban J connectivity index is 1.53. The van der Waals surface area contributed by atoms with E-state index in [1.54, 1.807) is 0 Å². The number of para-hydroxylation sites is 1. The van der Waals surface area contributed by atoms with E-state index < -0.39 is 0 Å². The Morgan fingerprint density at radius 1 is 1.04 bits per heavy atom. The van der Waals surface area contributed by atoms with E-state index in [1.807, 2.05) is 61.7 Å². The zero-order valence-electron chi connectivity index (χ0n) is 13.8. The number of hydrogen-bond acceptors (Lipinski definition) is 2. The summed E-state index contributed by atoms with van der Waals surface area (Å²) in [7, 11) is 0. The standard InChI is InChI=1S/C20H21N3O/c1-16-22-18(15-23(16)19-10-6-3-7-11-19)12-13-21-20(24)14-17-8-4-2-5-9-17/h2-11,15H,12-14H2,1H3,(H,21,24). The Morgan fingerprint density at radius 3 is 2.42 bits per heavy atom. The fourth-order valence-electron chi connectivity index (χ4n) is 2.68. The molecule has 0 radical (unpaired) electrons. The second-order valence-corrected chi connectivity index (χ2v) is 5.75. The molecule has 4 nitrogen and oxygen atoms in total. The first-order valence-electron chi connectivity index (χ1n) is 8.13. The monoisotopic (exact) mass is 319 g/mol. The van der Waals surface area contributed by atoms with Crippen LogP contribution in [0, 0.1) is 6.92 Å². The quantitative estimate of drug-likeness (QED) is 0.759. The van der Waals surface area contributed by atoms with Crippen molar-refractivity contribution in [2.75, 3.05) is 6.54 Å². The summed E-state index contributed by atoms with van der Waals surface area (Å²) < 4.78 is 2.07. The van der Waals surface area contributed by atoms with Crippen LogP contribution in [0.3, 0.4) is 0 Å². The van der Waals surface area contributed by atoms with Gasteiger partial charge < -0.3 is 9.88 Å². The molecule has 4 heteroatoms. The largest absolute Gasteiger partial charge is 0.355 e. The second-order valence-electron chi connectivity index (χ2n) is 5.75. The molecule has 0 unspecified atom stereocenters. The Morgan fingerprint density at radius 2 is 1.71 bits per heavy atom. The number of imidazole rings is 1. The van der Waals surface area contributed by atoms with Crippen LogP contribution in [-0.4, -0.2) is 22.0 Å². The molecule has 0 fully saturated rings. The highest BCUT2D eigenvalue weighted by atomic mass is 16.1. The molecule has 0 atom stereocenters. The molecule has 0 aliphatic heterocycles. The van der Waals surface area contributed by atoms with Crippen LogP contribution in [0.4, 0.5) is 0 Å². The van der Waals surface area contributed by atoms with Crippen molar-refractivity contribution in [3.05, 3.63) is 83.9 Å². The normalized spacial score (nSPS) is 10.5. The lowest BCUT2D eigenvalue weighted by atomic mass is 10.1. The van der Waals surface area contributed by atoms with Crippen molar-refractivity contribution >= 4 is 5.91 Å². The van der Waals surface area contributed by atoms with Gasteiger partial charge in [0.1, 0.15) is 5.82 Å². The molecule has 2 aromatic carbocycles. The molecule has 1 aromatic heterocycles. The zero-order valence-corrected chi connectivity index (χ0v) is 13.8. The molecule has 0 spiro atoms. The fourth-order valence-corrected chi connectivity index (χ4v) is 2.68. The van der Waals surface area contributed by atoms with Crippen LogP contribution < -0.4 is 5.32 Å². The number of aromatic nitrogens is 2. The highest BCUT2D eigenvalue weighted by Gasteiger charge is 2.07. The number of carbonyl (C=O) groups is 1. The van der Waals surface area contributed by atoms with Gasteiger partial charge in [-0.2, -0.15) is 0 Å². The summed E-state index contributed by atoms with van der Waals surface area (Å²) in [6.45, 7) is 2.58. The molecule has 3 aromatic rings. The predicted molar refractivity (Wildman–Crippen MR) is 95.2 cm³/mol. The molecular weight excluding hydrogens is 298 g/mol. The summed E-state index contributed by atoms with van der Waals surface area (Å²) in [5.74, 6) is 0.993.